The van der Waals surface area contributed by atoms with Crippen LogP contribution in [0, 0.1) is 11.3 Å². The molecule has 0 bridgehead atoms. The van der Waals surface area contributed by atoms with E-state index >= 15 is 0 Å². The number of nitrogens with zero attached hydrogens (tertiary/aromatic N) is 2. The molecular formula is C15H20N2O2. The van der Waals surface area contributed by atoms with E-state index in [0.717, 1.165) is 5.56 Å². The van der Waals surface area contributed by atoms with Crippen LogP contribution in [0.5, 0.6) is 0 Å². The predicted molar refractivity (Wildman–Crippen MR) is 73.3 cm³/mol. The highest BCUT2D eigenvalue weighted by Gasteiger charge is 2.17. The SMILES string of the molecule is CCOC(=O)CCN(C)C(CC#N)c1ccccc1. The molecule has 102 valence electrons. The van der Waals surface area contributed by atoms with Crippen LogP contribution in [0.1, 0.15) is 31.4 Å². The Bertz CT molecular complexity index is 426. The van der Waals surface area contributed by atoms with E-state index in [-0.39, 0.29) is 12.0 Å². The van der Waals surface area contributed by atoms with Gasteiger partial charge in [0, 0.05) is 12.6 Å². The van der Waals surface area contributed by atoms with Crippen LogP contribution in [0.2, 0.25) is 0 Å². The lowest BCUT2D eigenvalue weighted by molar-refractivity contribution is -0.143. The van der Waals surface area contributed by atoms with Crippen molar-refractivity contribution in [3.8, 4) is 6.07 Å². The highest BCUT2D eigenvalue weighted by molar-refractivity contribution is 5.69. The van der Waals surface area contributed by atoms with Gasteiger partial charge in [-0.05, 0) is 19.5 Å². The number of hydrogen-bond acceptors (Lipinski definition) is 4. The maximum atomic E-state index is 11.4. The second kappa shape index (κ2) is 8.28. The lowest BCUT2D eigenvalue weighted by Gasteiger charge is -2.26. The molecule has 1 aromatic carbocycles. The Morgan fingerprint density at radius 3 is 2.68 bits per heavy atom. The molecule has 19 heavy (non-hydrogen) atoms. The molecule has 0 fully saturated rings. The first kappa shape index (κ1) is 15.2. The van der Waals surface area contributed by atoms with Crippen LogP contribution in [0.25, 0.3) is 0 Å². The molecule has 0 saturated heterocycles. The van der Waals surface area contributed by atoms with Crippen molar-refractivity contribution in [2.75, 3.05) is 20.2 Å². The number of benzene rings is 1. The van der Waals surface area contributed by atoms with Crippen molar-refractivity contribution in [1.82, 2.24) is 4.90 Å². The van der Waals surface area contributed by atoms with Crippen molar-refractivity contribution in [1.29, 1.82) is 5.26 Å². The summed E-state index contributed by atoms with van der Waals surface area (Å²) in [6, 6.07) is 12.1. The van der Waals surface area contributed by atoms with Crippen LogP contribution < -0.4 is 0 Å². The number of nitriles is 1. The number of carbonyl (C=O) groups excluding carboxylic acids is 1. The number of esters is 1. The normalized spacial score (nSPS) is 11.9. The van der Waals surface area contributed by atoms with Crippen molar-refractivity contribution >= 4 is 5.97 Å². The second-order valence-electron chi connectivity index (χ2n) is 4.32. The summed E-state index contributed by atoms with van der Waals surface area (Å²) in [5.74, 6) is -0.196. The van der Waals surface area contributed by atoms with Gasteiger partial charge in [-0.3, -0.25) is 9.69 Å². The van der Waals surface area contributed by atoms with Gasteiger partial charge in [-0.25, -0.2) is 0 Å². The van der Waals surface area contributed by atoms with Crippen molar-refractivity contribution in [3.63, 3.8) is 0 Å². The fraction of sp³-hybridized carbons (Fsp3) is 0.467. The van der Waals surface area contributed by atoms with E-state index in [1.165, 1.54) is 0 Å². The largest absolute Gasteiger partial charge is 0.466 e. The van der Waals surface area contributed by atoms with Crippen LogP contribution in [0.15, 0.2) is 30.3 Å². The topological polar surface area (TPSA) is 53.3 Å². The highest BCUT2D eigenvalue weighted by Crippen LogP contribution is 2.22. The molecule has 4 heteroatoms. The van der Waals surface area contributed by atoms with Crippen molar-refractivity contribution in [2.45, 2.75) is 25.8 Å². The molecule has 0 heterocycles. The van der Waals surface area contributed by atoms with Crippen LogP contribution in [0.3, 0.4) is 0 Å². The Labute approximate surface area is 114 Å². The quantitative estimate of drug-likeness (QED) is 0.707. The summed E-state index contributed by atoms with van der Waals surface area (Å²) in [7, 11) is 1.92. The van der Waals surface area contributed by atoms with Crippen LogP contribution in [-0.4, -0.2) is 31.1 Å². The van der Waals surface area contributed by atoms with Gasteiger partial charge >= 0.3 is 5.97 Å². The van der Waals surface area contributed by atoms with Gasteiger partial charge in [0.1, 0.15) is 0 Å². The molecule has 0 spiro atoms. The van der Waals surface area contributed by atoms with E-state index in [1.54, 1.807) is 6.92 Å². The average molecular weight is 260 g/mol. The minimum Gasteiger partial charge on any atom is -0.466 e. The monoisotopic (exact) mass is 260 g/mol. The van der Waals surface area contributed by atoms with E-state index in [9.17, 15) is 4.79 Å². The molecule has 4 nitrogen and oxygen atoms in total. The van der Waals surface area contributed by atoms with E-state index in [0.29, 0.717) is 26.0 Å². The molecule has 0 saturated carbocycles. The molecule has 0 N–H and O–H groups in total. The summed E-state index contributed by atoms with van der Waals surface area (Å²) in [5.41, 5.74) is 1.09. The average Bonchev–Trinajstić information content (AvgIpc) is 2.43. The van der Waals surface area contributed by atoms with E-state index in [1.807, 2.05) is 42.3 Å². The van der Waals surface area contributed by atoms with E-state index in [4.69, 9.17) is 10.00 Å². The molecule has 0 radical (unpaired) electrons. The number of rotatable bonds is 7. The van der Waals surface area contributed by atoms with Crippen molar-refractivity contribution in [3.05, 3.63) is 35.9 Å². The first-order valence-corrected chi connectivity index (χ1v) is 6.46. The standard InChI is InChI=1S/C15H20N2O2/c1-3-19-15(18)10-12-17(2)14(9-11-16)13-7-5-4-6-8-13/h4-8,14H,3,9-10,12H2,1-2H3. The van der Waals surface area contributed by atoms with Gasteiger partial charge in [0.15, 0.2) is 0 Å². The van der Waals surface area contributed by atoms with Crippen LogP contribution >= 0.6 is 0 Å². The molecule has 1 unspecified atom stereocenters. The summed E-state index contributed by atoms with van der Waals surface area (Å²) in [4.78, 5) is 13.4. The molecule has 0 amide bonds. The molecule has 0 aromatic heterocycles. The molecule has 1 atom stereocenters. The summed E-state index contributed by atoms with van der Waals surface area (Å²) < 4.78 is 4.91. The van der Waals surface area contributed by atoms with Gasteiger partial charge in [0.25, 0.3) is 0 Å². The van der Waals surface area contributed by atoms with Crippen LogP contribution in [0.4, 0.5) is 0 Å². The maximum Gasteiger partial charge on any atom is 0.307 e. The molecule has 0 aliphatic carbocycles. The first-order valence-electron chi connectivity index (χ1n) is 6.46. The number of ether oxygens (including phenoxy) is 1. The maximum absolute atomic E-state index is 11.4. The van der Waals surface area contributed by atoms with E-state index in [2.05, 4.69) is 6.07 Å². The fourth-order valence-electron chi connectivity index (χ4n) is 1.95. The number of hydrogen-bond donors (Lipinski definition) is 0. The first-order chi connectivity index (χ1) is 9.19. The summed E-state index contributed by atoms with van der Waals surface area (Å²) >= 11 is 0. The summed E-state index contributed by atoms with van der Waals surface area (Å²) in [6.07, 6.45) is 0.752. The molecule has 0 aliphatic rings. The second-order valence-corrected chi connectivity index (χ2v) is 4.32. The summed E-state index contributed by atoms with van der Waals surface area (Å²) in [5, 5.41) is 8.94. The third-order valence-corrected chi connectivity index (χ3v) is 2.98. The lowest BCUT2D eigenvalue weighted by Crippen LogP contribution is -2.27. The zero-order chi connectivity index (χ0) is 14.1. The third kappa shape index (κ3) is 5.11. The zero-order valence-electron chi connectivity index (χ0n) is 11.5. The minimum atomic E-state index is -0.196. The zero-order valence-corrected chi connectivity index (χ0v) is 11.5. The van der Waals surface area contributed by atoms with Gasteiger partial charge in [0.05, 0.1) is 25.5 Å². The van der Waals surface area contributed by atoms with Gasteiger partial charge in [-0.15, -0.1) is 0 Å². The smallest absolute Gasteiger partial charge is 0.307 e. The third-order valence-electron chi connectivity index (χ3n) is 2.98. The van der Waals surface area contributed by atoms with Gasteiger partial charge in [-0.1, -0.05) is 30.3 Å². The Morgan fingerprint density at radius 2 is 2.11 bits per heavy atom. The Morgan fingerprint density at radius 1 is 1.42 bits per heavy atom. The Kier molecular flexibility index (Phi) is 6.62. The highest BCUT2D eigenvalue weighted by atomic mass is 16.5. The minimum absolute atomic E-state index is 0.0145. The van der Waals surface area contributed by atoms with Crippen LogP contribution in [-0.2, 0) is 9.53 Å². The molecule has 1 aromatic rings. The summed E-state index contributed by atoms with van der Waals surface area (Å²) in [6.45, 7) is 2.78. The van der Waals surface area contributed by atoms with Crippen molar-refractivity contribution in [2.24, 2.45) is 0 Å². The fourth-order valence-corrected chi connectivity index (χ4v) is 1.95. The predicted octanol–water partition coefficient (Wildman–Crippen LogP) is 2.53. The van der Waals surface area contributed by atoms with E-state index < -0.39 is 0 Å². The van der Waals surface area contributed by atoms with Gasteiger partial charge in [-0.2, -0.15) is 5.26 Å². The van der Waals surface area contributed by atoms with Gasteiger partial charge in [0.2, 0.25) is 0 Å². The number of carbonyl (C=O) groups is 1. The van der Waals surface area contributed by atoms with Crippen molar-refractivity contribution < 1.29 is 9.53 Å². The molecule has 0 aliphatic heterocycles. The lowest BCUT2D eigenvalue weighted by atomic mass is 10.0. The Balaban J connectivity index is 2.62. The molecule has 1 rings (SSSR count). The van der Waals surface area contributed by atoms with Gasteiger partial charge < -0.3 is 4.74 Å². The Hall–Kier alpha value is -1.86. The molecular weight excluding hydrogens is 240 g/mol.